The van der Waals surface area contributed by atoms with E-state index in [9.17, 15) is 19.2 Å². The number of ketones is 1. The van der Waals surface area contributed by atoms with Crippen LogP contribution < -0.4 is 4.90 Å². The molecule has 0 unspecified atom stereocenters. The van der Waals surface area contributed by atoms with E-state index >= 15 is 0 Å². The monoisotopic (exact) mass is 440 g/mol. The number of carbonyl (C=O) groups is 4. The number of H-pyrrole nitrogens is 1. The Kier molecular flexibility index (Phi) is 7.12. The molecule has 1 aliphatic heterocycles. The first kappa shape index (κ1) is 23.2. The molecule has 8 heteroatoms. The van der Waals surface area contributed by atoms with Gasteiger partial charge in [-0.05, 0) is 44.9 Å². The molecule has 1 aliphatic rings. The van der Waals surface area contributed by atoms with E-state index in [4.69, 9.17) is 9.47 Å². The van der Waals surface area contributed by atoms with Crippen LogP contribution in [-0.2, 0) is 25.5 Å². The van der Waals surface area contributed by atoms with Crippen LogP contribution in [0.1, 0.15) is 57.9 Å². The van der Waals surface area contributed by atoms with Gasteiger partial charge in [0.15, 0.2) is 6.61 Å². The van der Waals surface area contributed by atoms with Crippen LogP contribution in [-0.4, -0.2) is 48.4 Å². The Balaban J connectivity index is 1.64. The van der Waals surface area contributed by atoms with Crippen molar-refractivity contribution in [3.63, 3.8) is 0 Å². The summed E-state index contributed by atoms with van der Waals surface area (Å²) in [7, 11) is 0. The number of rotatable bonds is 8. The van der Waals surface area contributed by atoms with Gasteiger partial charge >= 0.3 is 11.9 Å². The Morgan fingerprint density at radius 3 is 2.31 bits per heavy atom. The summed E-state index contributed by atoms with van der Waals surface area (Å²) in [4.78, 5) is 54.5. The van der Waals surface area contributed by atoms with Gasteiger partial charge in [0, 0.05) is 30.0 Å². The van der Waals surface area contributed by atoms with E-state index in [0.717, 1.165) is 17.7 Å². The topological polar surface area (TPSA) is 106 Å². The fourth-order valence-corrected chi connectivity index (χ4v) is 3.94. The van der Waals surface area contributed by atoms with E-state index in [1.54, 1.807) is 25.7 Å². The molecule has 0 saturated carbocycles. The molecule has 1 N–H and O–H groups in total. The number of aromatic amines is 1. The lowest BCUT2D eigenvalue weighted by molar-refractivity contribution is -0.147. The van der Waals surface area contributed by atoms with E-state index < -0.39 is 30.2 Å². The van der Waals surface area contributed by atoms with Crippen molar-refractivity contribution in [1.29, 1.82) is 0 Å². The predicted molar refractivity (Wildman–Crippen MR) is 118 cm³/mol. The molecule has 2 aromatic rings. The zero-order valence-corrected chi connectivity index (χ0v) is 18.8. The number of ether oxygens (including phenoxy) is 2. The van der Waals surface area contributed by atoms with Crippen molar-refractivity contribution in [2.45, 2.75) is 40.5 Å². The molecular formula is C24H28N2O6. The number of amides is 1. The van der Waals surface area contributed by atoms with E-state index in [0.29, 0.717) is 11.4 Å². The van der Waals surface area contributed by atoms with Crippen LogP contribution in [0.4, 0.5) is 5.69 Å². The summed E-state index contributed by atoms with van der Waals surface area (Å²) in [6, 6.07) is 7.63. The molecule has 1 amide bonds. The average Bonchev–Trinajstić information content (AvgIpc) is 3.30. The molecule has 0 bridgehead atoms. The van der Waals surface area contributed by atoms with Crippen LogP contribution in [0.3, 0.4) is 0 Å². The normalized spacial score (nSPS) is 15.7. The SMILES string of the molecule is CCOC(=O)c1c(C)[nH]c(C)c1C(=O)COC(=O)[C@H]1CC(=O)N(c2ccc(CC)cc2)C1. The molecule has 1 aromatic carbocycles. The number of carbonyl (C=O) groups excluding carboxylic acids is 4. The van der Waals surface area contributed by atoms with Crippen molar-refractivity contribution in [3.8, 4) is 0 Å². The van der Waals surface area contributed by atoms with Gasteiger partial charge in [0.05, 0.1) is 23.7 Å². The van der Waals surface area contributed by atoms with Crippen LogP contribution in [0.5, 0.6) is 0 Å². The van der Waals surface area contributed by atoms with Gasteiger partial charge < -0.3 is 19.4 Å². The molecule has 170 valence electrons. The van der Waals surface area contributed by atoms with Gasteiger partial charge in [-0.25, -0.2) is 4.79 Å². The van der Waals surface area contributed by atoms with E-state index in [1.807, 2.05) is 24.3 Å². The lowest BCUT2D eigenvalue weighted by Crippen LogP contribution is -2.27. The maximum Gasteiger partial charge on any atom is 0.340 e. The largest absolute Gasteiger partial charge is 0.462 e. The minimum absolute atomic E-state index is 0.0267. The first-order chi connectivity index (χ1) is 15.3. The number of anilines is 1. The molecule has 1 saturated heterocycles. The molecule has 0 spiro atoms. The maximum absolute atomic E-state index is 12.8. The number of benzene rings is 1. The number of nitrogens with one attached hydrogen (secondary N) is 1. The number of hydrogen-bond acceptors (Lipinski definition) is 6. The standard InChI is InChI=1S/C24H28N2O6/c1-5-16-7-9-18(10-8-16)26-12-17(11-20(26)28)23(29)32-13-19(27)21-14(3)25-15(4)22(21)24(30)31-6-2/h7-10,17,25H,5-6,11-13H2,1-4H3/t17-/m0/s1. The maximum atomic E-state index is 12.8. The highest BCUT2D eigenvalue weighted by molar-refractivity contribution is 6.09. The molecular weight excluding hydrogens is 412 g/mol. The fraction of sp³-hybridized carbons (Fsp3) is 0.417. The minimum atomic E-state index is -0.653. The third-order valence-corrected chi connectivity index (χ3v) is 5.59. The Labute approximate surface area is 186 Å². The summed E-state index contributed by atoms with van der Waals surface area (Å²) in [6.07, 6.45) is 0.925. The molecule has 0 radical (unpaired) electrons. The zero-order valence-electron chi connectivity index (χ0n) is 18.8. The van der Waals surface area contributed by atoms with Crippen molar-refractivity contribution in [2.24, 2.45) is 5.92 Å². The molecule has 1 aromatic heterocycles. The van der Waals surface area contributed by atoms with Crippen molar-refractivity contribution >= 4 is 29.3 Å². The highest BCUT2D eigenvalue weighted by Crippen LogP contribution is 2.27. The number of esters is 2. The second kappa shape index (κ2) is 9.80. The molecule has 1 fully saturated rings. The van der Waals surface area contributed by atoms with Gasteiger partial charge in [-0.1, -0.05) is 19.1 Å². The number of hydrogen-bond donors (Lipinski definition) is 1. The number of aryl methyl sites for hydroxylation is 3. The van der Waals surface area contributed by atoms with Crippen LogP contribution in [0, 0.1) is 19.8 Å². The van der Waals surface area contributed by atoms with E-state index in [-0.39, 0.29) is 36.6 Å². The summed E-state index contributed by atoms with van der Waals surface area (Å²) in [5, 5.41) is 0. The second-order valence-corrected chi connectivity index (χ2v) is 7.80. The number of aromatic nitrogens is 1. The van der Waals surface area contributed by atoms with Gasteiger partial charge in [0.1, 0.15) is 0 Å². The van der Waals surface area contributed by atoms with Crippen molar-refractivity contribution < 1.29 is 28.7 Å². The van der Waals surface area contributed by atoms with E-state index in [2.05, 4.69) is 11.9 Å². The highest BCUT2D eigenvalue weighted by Gasteiger charge is 2.36. The van der Waals surface area contributed by atoms with Crippen LogP contribution >= 0.6 is 0 Å². The highest BCUT2D eigenvalue weighted by atomic mass is 16.5. The zero-order chi connectivity index (χ0) is 23.4. The average molecular weight is 440 g/mol. The van der Waals surface area contributed by atoms with Crippen LogP contribution in [0.15, 0.2) is 24.3 Å². The molecule has 8 nitrogen and oxygen atoms in total. The van der Waals surface area contributed by atoms with Crippen molar-refractivity contribution in [2.75, 3.05) is 24.7 Å². The van der Waals surface area contributed by atoms with Crippen LogP contribution in [0.2, 0.25) is 0 Å². The Hall–Kier alpha value is -3.42. The Morgan fingerprint density at radius 1 is 1.03 bits per heavy atom. The predicted octanol–water partition coefficient (Wildman–Crippen LogP) is 3.15. The second-order valence-electron chi connectivity index (χ2n) is 7.80. The molecule has 1 atom stereocenters. The summed E-state index contributed by atoms with van der Waals surface area (Å²) >= 11 is 0. The van der Waals surface area contributed by atoms with Gasteiger partial charge in [-0.15, -0.1) is 0 Å². The van der Waals surface area contributed by atoms with Gasteiger partial charge in [-0.3, -0.25) is 14.4 Å². The Bertz CT molecular complexity index is 1040. The molecule has 2 heterocycles. The summed E-state index contributed by atoms with van der Waals surface area (Å²) < 4.78 is 10.3. The summed E-state index contributed by atoms with van der Waals surface area (Å²) in [6.45, 7) is 6.94. The minimum Gasteiger partial charge on any atom is -0.462 e. The first-order valence-electron chi connectivity index (χ1n) is 10.7. The third-order valence-electron chi connectivity index (χ3n) is 5.59. The first-order valence-corrected chi connectivity index (χ1v) is 10.7. The van der Waals surface area contributed by atoms with Gasteiger partial charge in [-0.2, -0.15) is 0 Å². The Morgan fingerprint density at radius 2 is 1.69 bits per heavy atom. The molecule has 3 rings (SSSR count). The smallest absolute Gasteiger partial charge is 0.340 e. The lowest BCUT2D eigenvalue weighted by Gasteiger charge is -2.17. The van der Waals surface area contributed by atoms with Gasteiger partial charge in [0.25, 0.3) is 0 Å². The van der Waals surface area contributed by atoms with Crippen molar-refractivity contribution in [1.82, 2.24) is 4.98 Å². The number of Topliss-reactive ketones (excluding diaryl/α,β-unsaturated/α-hetero) is 1. The summed E-state index contributed by atoms with van der Waals surface area (Å²) in [5.74, 6) is -2.53. The quantitative estimate of drug-likeness (QED) is 0.499. The molecule has 0 aliphatic carbocycles. The summed E-state index contributed by atoms with van der Waals surface area (Å²) in [5.41, 5.74) is 3.23. The molecule has 32 heavy (non-hydrogen) atoms. The van der Waals surface area contributed by atoms with Gasteiger partial charge in [0.2, 0.25) is 11.7 Å². The number of nitrogens with zero attached hydrogens (tertiary/aromatic N) is 1. The third kappa shape index (κ3) is 4.74. The lowest BCUT2D eigenvalue weighted by atomic mass is 10.0. The van der Waals surface area contributed by atoms with Crippen molar-refractivity contribution in [3.05, 3.63) is 52.3 Å². The van der Waals surface area contributed by atoms with E-state index in [1.165, 1.54) is 0 Å². The van der Waals surface area contributed by atoms with Crippen LogP contribution in [0.25, 0.3) is 0 Å². The fourth-order valence-electron chi connectivity index (χ4n) is 3.94.